The van der Waals surface area contributed by atoms with Gasteiger partial charge in [-0.2, -0.15) is 5.26 Å². The van der Waals surface area contributed by atoms with Crippen LogP contribution in [0.1, 0.15) is 20.3 Å². The summed E-state index contributed by atoms with van der Waals surface area (Å²) in [4.78, 5) is 10.8. The number of carbonyl (C=O) groups excluding carboxylic acids is 1. The third-order valence-electron chi connectivity index (χ3n) is 1.17. The van der Waals surface area contributed by atoms with E-state index in [4.69, 9.17) is 10.4 Å². The Kier molecular flexibility index (Phi) is 4.23. The van der Waals surface area contributed by atoms with Gasteiger partial charge >= 0.3 is 0 Å². The lowest BCUT2D eigenvalue weighted by Gasteiger charge is -2.11. The van der Waals surface area contributed by atoms with Crippen LogP contribution in [0.25, 0.3) is 0 Å². The van der Waals surface area contributed by atoms with Crippen molar-refractivity contribution in [3.05, 3.63) is 0 Å². The van der Waals surface area contributed by atoms with Crippen molar-refractivity contribution in [1.82, 2.24) is 5.32 Å². The molecule has 4 heteroatoms. The molecule has 2 atom stereocenters. The molecule has 2 N–H and O–H groups in total. The second kappa shape index (κ2) is 4.69. The Morgan fingerprint density at radius 1 is 1.73 bits per heavy atom. The molecule has 0 aromatic rings. The van der Waals surface area contributed by atoms with Gasteiger partial charge in [0.05, 0.1) is 12.5 Å². The fraction of sp³-hybridized carbons (Fsp3) is 0.714. The second-order valence-electron chi connectivity index (χ2n) is 2.45. The van der Waals surface area contributed by atoms with Crippen molar-refractivity contribution in [3.8, 4) is 6.07 Å². The first-order chi connectivity index (χ1) is 5.07. The summed E-state index contributed by atoms with van der Waals surface area (Å²) >= 11 is 0. The maximum atomic E-state index is 10.8. The maximum Gasteiger partial charge on any atom is 0.248 e. The fourth-order valence-electron chi connectivity index (χ4n) is 0.551. The molecule has 0 aromatic carbocycles. The van der Waals surface area contributed by atoms with Crippen LogP contribution in [0.2, 0.25) is 0 Å². The molecule has 0 bridgehead atoms. The molecule has 4 nitrogen and oxygen atoms in total. The van der Waals surface area contributed by atoms with E-state index in [2.05, 4.69) is 5.32 Å². The van der Waals surface area contributed by atoms with Crippen molar-refractivity contribution in [2.75, 3.05) is 0 Å². The van der Waals surface area contributed by atoms with Gasteiger partial charge in [0, 0.05) is 6.04 Å². The fourth-order valence-corrected chi connectivity index (χ4v) is 0.551. The molecule has 0 aliphatic carbocycles. The van der Waals surface area contributed by atoms with E-state index in [1.165, 1.54) is 6.92 Å². The van der Waals surface area contributed by atoms with Gasteiger partial charge in [0.25, 0.3) is 0 Å². The molecule has 0 aliphatic rings. The number of rotatable bonds is 3. The zero-order chi connectivity index (χ0) is 8.85. The van der Waals surface area contributed by atoms with Crippen molar-refractivity contribution in [1.29, 1.82) is 5.26 Å². The summed E-state index contributed by atoms with van der Waals surface area (Å²) in [5.41, 5.74) is 0. The van der Waals surface area contributed by atoms with Crippen molar-refractivity contribution in [2.24, 2.45) is 0 Å². The number of nitrogens with one attached hydrogen (secondary N) is 1. The van der Waals surface area contributed by atoms with E-state index in [1.54, 1.807) is 6.92 Å². The molecular weight excluding hydrogens is 144 g/mol. The lowest BCUT2D eigenvalue weighted by molar-refractivity contribution is -0.129. The van der Waals surface area contributed by atoms with Gasteiger partial charge in [0.2, 0.25) is 5.91 Å². The molecule has 0 spiro atoms. The Labute approximate surface area is 65.8 Å². The Balaban J connectivity index is 3.68. The summed E-state index contributed by atoms with van der Waals surface area (Å²) in [7, 11) is 0. The van der Waals surface area contributed by atoms with Gasteiger partial charge in [-0.15, -0.1) is 0 Å². The highest BCUT2D eigenvalue weighted by Gasteiger charge is 2.10. The van der Waals surface area contributed by atoms with Gasteiger partial charge in [-0.05, 0) is 13.8 Å². The summed E-state index contributed by atoms with van der Waals surface area (Å²) in [6.45, 7) is 3.10. The number of nitrogens with zero attached hydrogens (tertiary/aromatic N) is 1. The molecule has 1 amide bonds. The summed E-state index contributed by atoms with van der Waals surface area (Å²) in [5.74, 6) is -0.437. The van der Waals surface area contributed by atoms with E-state index >= 15 is 0 Å². The SMILES string of the molecule is CC(CC#N)NC(=O)[C@H](C)O. The van der Waals surface area contributed by atoms with Crippen LogP contribution in [0.4, 0.5) is 0 Å². The monoisotopic (exact) mass is 156 g/mol. The Morgan fingerprint density at radius 3 is 2.64 bits per heavy atom. The highest BCUT2D eigenvalue weighted by molar-refractivity contribution is 5.80. The Bertz CT molecular complexity index is 172. The van der Waals surface area contributed by atoms with Gasteiger partial charge in [-0.3, -0.25) is 4.79 Å². The lowest BCUT2D eigenvalue weighted by atomic mass is 10.2. The zero-order valence-electron chi connectivity index (χ0n) is 6.66. The first-order valence-electron chi connectivity index (χ1n) is 3.43. The third-order valence-corrected chi connectivity index (χ3v) is 1.17. The van der Waals surface area contributed by atoms with E-state index in [-0.39, 0.29) is 12.5 Å². The van der Waals surface area contributed by atoms with Crippen molar-refractivity contribution in [3.63, 3.8) is 0 Å². The quantitative estimate of drug-likeness (QED) is 0.593. The molecule has 0 aromatic heterocycles. The van der Waals surface area contributed by atoms with E-state index < -0.39 is 12.0 Å². The molecule has 0 saturated heterocycles. The van der Waals surface area contributed by atoms with Crippen molar-refractivity contribution in [2.45, 2.75) is 32.4 Å². The number of amides is 1. The summed E-state index contributed by atoms with van der Waals surface area (Å²) in [5, 5.41) is 19.4. The Morgan fingerprint density at radius 2 is 2.27 bits per heavy atom. The third kappa shape index (κ3) is 4.34. The minimum Gasteiger partial charge on any atom is -0.384 e. The minimum absolute atomic E-state index is 0.193. The standard InChI is InChI=1S/C7H12N2O2/c1-5(3-4-8)9-7(11)6(2)10/h5-6,10H,3H2,1-2H3,(H,9,11)/t5?,6-/m0/s1. The molecule has 1 unspecified atom stereocenters. The van der Waals surface area contributed by atoms with Crippen molar-refractivity contribution >= 4 is 5.91 Å². The van der Waals surface area contributed by atoms with Gasteiger partial charge in [0.15, 0.2) is 0 Å². The normalized spacial score (nSPS) is 14.7. The molecule has 62 valence electrons. The smallest absolute Gasteiger partial charge is 0.248 e. The van der Waals surface area contributed by atoms with Crippen LogP contribution in [0.15, 0.2) is 0 Å². The molecular formula is C7H12N2O2. The van der Waals surface area contributed by atoms with E-state index in [1.807, 2.05) is 6.07 Å². The van der Waals surface area contributed by atoms with Crippen molar-refractivity contribution < 1.29 is 9.90 Å². The van der Waals surface area contributed by atoms with E-state index in [0.29, 0.717) is 0 Å². The summed E-state index contributed by atoms with van der Waals surface area (Å²) in [6, 6.07) is 1.72. The first-order valence-corrected chi connectivity index (χ1v) is 3.43. The number of hydrogen-bond donors (Lipinski definition) is 2. The lowest BCUT2D eigenvalue weighted by Crippen LogP contribution is -2.38. The average molecular weight is 156 g/mol. The predicted octanol–water partition coefficient (Wildman–Crippen LogP) is -0.214. The van der Waals surface area contributed by atoms with Crippen LogP contribution >= 0.6 is 0 Å². The van der Waals surface area contributed by atoms with Gasteiger partial charge < -0.3 is 10.4 Å². The van der Waals surface area contributed by atoms with Crippen LogP contribution < -0.4 is 5.32 Å². The van der Waals surface area contributed by atoms with Gasteiger partial charge in [-0.1, -0.05) is 0 Å². The van der Waals surface area contributed by atoms with Crippen LogP contribution in [-0.2, 0) is 4.79 Å². The second-order valence-corrected chi connectivity index (χ2v) is 2.45. The number of nitriles is 1. The summed E-state index contributed by atoms with van der Waals surface area (Å²) < 4.78 is 0. The van der Waals surface area contributed by atoms with Crippen LogP contribution in [0.5, 0.6) is 0 Å². The number of carbonyl (C=O) groups is 1. The number of aliphatic hydroxyl groups excluding tert-OH is 1. The van der Waals surface area contributed by atoms with Gasteiger partial charge in [-0.25, -0.2) is 0 Å². The average Bonchev–Trinajstić information content (AvgIpc) is 1.87. The van der Waals surface area contributed by atoms with Gasteiger partial charge in [0.1, 0.15) is 6.10 Å². The largest absolute Gasteiger partial charge is 0.384 e. The maximum absolute atomic E-state index is 10.8. The Hall–Kier alpha value is -1.08. The van der Waals surface area contributed by atoms with Crippen LogP contribution in [-0.4, -0.2) is 23.2 Å². The summed E-state index contributed by atoms with van der Waals surface area (Å²) in [6.07, 6.45) is -0.741. The number of aliphatic hydroxyl groups is 1. The predicted molar refractivity (Wildman–Crippen MR) is 39.5 cm³/mol. The first kappa shape index (κ1) is 9.92. The van der Waals surface area contributed by atoms with E-state index in [0.717, 1.165) is 0 Å². The molecule has 0 aliphatic heterocycles. The van der Waals surface area contributed by atoms with E-state index in [9.17, 15) is 4.79 Å². The zero-order valence-corrected chi connectivity index (χ0v) is 6.66. The molecule has 0 fully saturated rings. The molecule has 0 rings (SSSR count). The highest BCUT2D eigenvalue weighted by atomic mass is 16.3. The number of hydrogen-bond acceptors (Lipinski definition) is 3. The molecule has 11 heavy (non-hydrogen) atoms. The highest BCUT2D eigenvalue weighted by Crippen LogP contribution is 1.89. The van der Waals surface area contributed by atoms with Crippen LogP contribution in [0.3, 0.4) is 0 Å². The molecule has 0 radical (unpaired) electrons. The molecule has 0 heterocycles. The molecule has 0 saturated carbocycles. The topological polar surface area (TPSA) is 73.1 Å². The minimum atomic E-state index is -1.00. The van der Waals surface area contributed by atoms with Crippen LogP contribution in [0, 0.1) is 11.3 Å².